The number of benzene rings is 1. The number of carbonyl (C=O) groups excluding carboxylic acids is 1. The van der Waals surface area contributed by atoms with Crippen molar-refractivity contribution in [3.63, 3.8) is 0 Å². The van der Waals surface area contributed by atoms with E-state index in [2.05, 4.69) is 18.9 Å². The number of carbonyl (C=O) groups is 1. The van der Waals surface area contributed by atoms with E-state index in [1.807, 2.05) is 42.2 Å². The van der Waals surface area contributed by atoms with Gasteiger partial charge in [0.1, 0.15) is 0 Å². The van der Waals surface area contributed by atoms with Crippen molar-refractivity contribution in [1.29, 1.82) is 0 Å². The highest BCUT2D eigenvalue weighted by Crippen LogP contribution is 2.24. The fourth-order valence-electron chi connectivity index (χ4n) is 3.54. The molecule has 138 valence electrons. The summed E-state index contributed by atoms with van der Waals surface area (Å²) in [7, 11) is 0. The number of aryl methyl sites for hydroxylation is 1. The van der Waals surface area contributed by atoms with Crippen molar-refractivity contribution in [3.05, 3.63) is 52.3 Å². The summed E-state index contributed by atoms with van der Waals surface area (Å²) in [4.78, 5) is 26.7. The Morgan fingerprint density at radius 2 is 1.85 bits per heavy atom. The molecule has 5 nitrogen and oxygen atoms in total. The molecule has 0 bridgehead atoms. The zero-order chi connectivity index (χ0) is 18.7. The Labute approximate surface area is 154 Å². The van der Waals surface area contributed by atoms with Crippen LogP contribution in [-0.2, 0) is 4.79 Å². The second-order valence-electron chi connectivity index (χ2n) is 7.53. The molecule has 0 unspecified atom stereocenters. The van der Waals surface area contributed by atoms with Crippen LogP contribution < -0.4 is 5.56 Å². The minimum atomic E-state index is -0.0610. The van der Waals surface area contributed by atoms with Crippen LogP contribution in [0, 0.1) is 12.8 Å². The van der Waals surface area contributed by atoms with Gasteiger partial charge in [-0.25, -0.2) is 4.68 Å². The Morgan fingerprint density at radius 3 is 2.46 bits per heavy atom. The zero-order valence-electron chi connectivity index (χ0n) is 15.8. The molecule has 0 atom stereocenters. The van der Waals surface area contributed by atoms with Gasteiger partial charge in [0.15, 0.2) is 0 Å². The summed E-state index contributed by atoms with van der Waals surface area (Å²) in [5, 5.41) is 4.68. The third-order valence-electron chi connectivity index (χ3n) is 4.94. The van der Waals surface area contributed by atoms with Crippen molar-refractivity contribution in [3.8, 4) is 11.3 Å². The molecule has 3 rings (SSSR count). The van der Waals surface area contributed by atoms with Crippen LogP contribution in [0.1, 0.15) is 44.7 Å². The molecule has 1 fully saturated rings. The van der Waals surface area contributed by atoms with Crippen molar-refractivity contribution in [1.82, 2.24) is 14.7 Å². The number of aromatic nitrogens is 2. The van der Waals surface area contributed by atoms with E-state index >= 15 is 0 Å². The molecule has 1 aliphatic rings. The van der Waals surface area contributed by atoms with Crippen molar-refractivity contribution >= 4 is 5.91 Å². The maximum absolute atomic E-state index is 12.5. The molecule has 26 heavy (non-hydrogen) atoms. The van der Waals surface area contributed by atoms with Gasteiger partial charge < -0.3 is 4.90 Å². The van der Waals surface area contributed by atoms with Gasteiger partial charge in [0, 0.05) is 31.1 Å². The Balaban J connectivity index is 1.79. The molecule has 1 aromatic carbocycles. The van der Waals surface area contributed by atoms with E-state index in [4.69, 9.17) is 0 Å². The number of nitrogens with zero attached hydrogens (tertiary/aromatic N) is 3. The molecule has 1 aromatic heterocycles. The average Bonchev–Trinajstić information content (AvgIpc) is 2.62. The van der Waals surface area contributed by atoms with E-state index in [9.17, 15) is 9.59 Å². The lowest BCUT2D eigenvalue weighted by molar-refractivity contribution is -0.133. The van der Waals surface area contributed by atoms with Gasteiger partial charge in [-0.3, -0.25) is 9.59 Å². The summed E-state index contributed by atoms with van der Waals surface area (Å²) in [5.74, 6) is 0.586. The fourth-order valence-corrected chi connectivity index (χ4v) is 3.54. The van der Waals surface area contributed by atoms with Crippen LogP contribution in [0.2, 0.25) is 0 Å². The molecular weight excluding hydrogens is 326 g/mol. The highest BCUT2D eigenvalue weighted by atomic mass is 16.2. The topological polar surface area (TPSA) is 55.2 Å². The van der Waals surface area contributed by atoms with Gasteiger partial charge in [-0.15, -0.1) is 0 Å². The Morgan fingerprint density at radius 1 is 1.19 bits per heavy atom. The Bertz CT molecular complexity index is 819. The molecule has 0 aliphatic carbocycles. The van der Waals surface area contributed by atoms with Gasteiger partial charge in [0.25, 0.3) is 5.56 Å². The smallest absolute Gasteiger partial charge is 0.267 e. The fraction of sp³-hybridized carbons (Fsp3) is 0.476. The van der Waals surface area contributed by atoms with Crippen molar-refractivity contribution in [2.45, 2.75) is 46.1 Å². The molecule has 0 spiro atoms. The minimum absolute atomic E-state index is 0.0497. The van der Waals surface area contributed by atoms with Gasteiger partial charge in [0.05, 0.1) is 11.7 Å². The van der Waals surface area contributed by atoms with Crippen LogP contribution in [-0.4, -0.2) is 33.7 Å². The summed E-state index contributed by atoms with van der Waals surface area (Å²) in [6, 6.07) is 11.7. The predicted molar refractivity (Wildman–Crippen MR) is 103 cm³/mol. The highest BCUT2D eigenvalue weighted by molar-refractivity contribution is 5.76. The normalized spacial score (nSPS) is 15.5. The monoisotopic (exact) mass is 353 g/mol. The predicted octanol–water partition coefficient (Wildman–Crippen LogP) is 3.43. The lowest BCUT2D eigenvalue weighted by Crippen LogP contribution is -2.41. The molecule has 1 amide bonds. The van der Waals surface area contributed by atoms with Crippen LogP contribution in [0.25, 0.3) is 11.3 Å². The Kier molecular flexibility index (Phi) is 5.55. The zero-order valence-corrected chi connectivity index (χ0v) is 15.8. The molecule has 0 N–H and O–H groups in total. The van der Waals surface area contributed by atoms with E-state index in [1.165, 1.54) is 0 Å². The van der Waals surface area contributed by atoms with Crippen LogP contribution in [0.3, 0.4) is 0 Å². The number of rotatable bonds is 4. The van der Waals surface area contributed by atoms with E-state index in [0.717, 1.165) is 29.7 Å². The molecule has 1 aliphatic heterocycles. The lowest BCUT2D eigenvalue weighted by Gasteiger charge is -2.33. The lowest BCUT2D eigenvalue weighted by atomic mass is 10.0. The first-order valence-corrected chi connectivity index (χ1v) is 9.39. The highest BCUT2D eigenvalue weighted by Gasteiger charge is 2.25. The molecule has 2 aromatic rings. The van der Waals surface area contributed by atoms with Crippen molar-refractivity contribution < 1.29 is 4.79 Å². The Hall–Kier alpha value is -2.43. The van der Waals surface area contributed by atoms with Gasteiger partial charge in [-0.05, 0) is 31.2 Å². The second-order valence-corrected chi connectivity index (χ2v) is 7.53. The summed E-state index contributed by atoms with van der Waals surface area (Å²) in [6.07, 6.45) is 2.13. The van der Waals surface area contributed by atoms with Gasteiger partial charge in [-0.2, -0.15) is 5.10 Å². The van der Waals surface area contributed by atoms with E-state index in [-0.39, 0.29) is 17.5 Å². The van der Waals surface area contributed by atoms with Crippen LogP contribution in [0.5, 0.6) is 0 Å². The number of amides is 1. The first-order valence-electron chi connectivity index (χ1n) is 9.39. The maximum Gasteiger partial charge on any atom is 0.267 e. The van der Waals surface area contributed by atoms with Crippen molar-refractivity contribution in [2.24, 2.45) is 5.92 Å². The molecule has 0 saturated carbocycles. The first kappa shape index (κ1) is 18.4. The van der Waals surface area contributed by atoms with Gasteiger partial charge in [0.2, 0.25) is 5.91 Å². The quantitative estimate of drug-likeness (QED) is 0.846. The van der Waals surface area contributed by atoms with E-state index in [1.54, 1.807) is 10.7 Å². The van der Waals surface area contributed by atoms with Gasteiger partial charge >= 0.3 is 0 Å². The summed E-state index contributed by atoms with van der Waals surface area (Å²) in [6.45, 7) is 7.43. The average molecular weight is 353 g/mol. The van der Waals surface area contributed by atoms with E-state index < -0.39 is 0 Å². The molecule has 2 heterocycles. The van der Waals surface area contributed by atoms with Crippen LogP contribution in [0.15, 0.2) is 41.2 Å². The molecular formula is C21H27N3O2. The number of hydrogen-bond acceptors (Lipinski definition) is 3. The number of piperidine rings is 1. The SMILES string of the molecule is Cc1cc(=O)n(C2CCN(C(=O)CC(C)C)CC2)nc1-c1ccccc1. The van der Waals surface area contributed by atoms with E-state index in [0.29, 0.717) is 25.4 Å². The standard InChI is InChI=1S/C21H27N3O2/c1-15(2)13-19(25)23-11-9-18(10-12-23)24-20(26)14-16(3)21(22-24)17-7-5-4-6-8-17/h4-8,14-15,18H,9-13H2,1-3H3. The minimum Gasteiger partial charge on any atom is -0.343 e. The second kappa shape index (κ2) is 7.85. The van der Waals surface area contributed by atoms with Crippen LogP contribution >= 0.6 is 0 Å². The summed E-state index contributed by atoms with van der Waals surface area (Å²) in [5.41, 5.74) is 2.70. The maximum atomic E-state index is 12.5. The first-order chi connectivity index (χ1) is 12.5. The summed E-state index contributed by atoms with van der Waals surface area (Å²) < 4.78 is 1.62. The largest absolute Gasteiger partial charge is 0.343 e. The summed E-state index contributed by atoms with van der Waals surface area (Å²) >= 11 is 0. The number of likely N-dealkylation sites (tertiary alicyclic amines) is 1. The molecule has 1 saturated heterocycles. The van der Waals surface area contributed by atoms with Crippen molar-refractivity contribution in [2.75, 3.05) is 13.1 Å². The van der Waals surface area contributed by atoms with Gasteiger partial charge in [-0.1, -0.05) is 44.2 Å². The third kappa shape index (κ3) is 4.03. The molecule has 5 heteroatoms. The number of hydrogen-bond donors (Lipinski definition) is 0. The third-order valence-corrected chi connectivity index (χ3v) is 4.94. The molecule has 0 radical (unpaired) electrons. The van der Waals surface area contributed by atoms with Crippen LogP contribution in [0.4, 0.5) is 0 Å².